The second-order valence-corrected chi connectivity index (χ2v) is 2.30. The number of aromatic nitrogens is 2. The summed E-state index contributed by atoms with van der Waals surface area (Å²) in [5.41, 5.74) is -1.10. The normalized spacial score (nSPS) is 12.1. The van der Waals surface area contributed by atoms with Crippen LogP contribution in [0.4, 0.5) is 13.2 Å². The highest BCUT2D eigenvalue weighted by atomic mass is 19.4. The van der Waals surface area contributed by atoms with Gasteiger partial charge >= 0.3 is 6.18 Å². The van der Waals surface area contributed by atoms with Gasteiger partial charge in [0, 0.05) is 12.6 Å². The van der Waals surface area contributed by atoms with Crippen LogP contribution in [0, 0.1) is 0 Å². The van der Waals surface area contributed by atoms with Gasteiger partial charge in [0.15, 0.2) is 0 Å². The summed E-state index contributed by atoms with van der Waals surface area (Å²) in [4.78, 5) is 0. The molecule has 0 aromatic carbocycles. The monoisotopic (exact) mass is 180 g/mol. The molecule has 0 radical (unpaired) electrons. The summed E-state index contributed by atoms with van der Waals surface area (Å²) >= 11 is 0. The van der Waals surface area contributed by atoms with Crippen molar-refractivity contribution in [2.24, 2.45) is 7.05 Å². The fourth-order valence-corrected chi connectivity index (χ4v) is 0.964. The first-order valence-electron chi connectivity index (χ1n) is 3.15. The van der Waals surface area contributed by atoms with Gasteiger partial charge in [-0.2, -0.15) is 18.3 Å². The average Bonchev–Trinajstić information content (AvgIpc) is 2.29. The smallest absolute Gasteiger partial charge is 0.392 e. The van der Waals surface area contributed by atoms with Crippen LogP contribution in [0.15, 0.2) is 6.20 Å². The molecule has 3 nitrogen and oxygen atoms in total. The molecule has 0 fully saturated rings. The Labute approximate surface area is 66.4 Å². The molecule has 0 aliphatic heterocycles. The first-order chi connectivity index (χ1) is 5.46. The van der Waals surface area contributed by atoms with Gasteiger partial charge in [-0.15, -0.1) is 0 Å². The quantitative estimate of drug-likeness (QED) is 0.698. The molecule has 0 aliphatic rings. The van der Waals surface area contributed by atoms with E-state index in [0.717, 1.165) is 6.20 Å². The van der Waals surface area contributed by atoms with Crippen molar-refractivity contribution in [2.45, 2.75) is 12.8 Å². The Bertz CT molecular complexity index is 279. The molecule has 68 valence electrons. The summed E-state index contributed by atoms with van der Waals surface area (Å²) in [5.74, 6) is 0. The van der Waals surface area contributed by atoms with Gasteiger partial charge < -0.3 is 5.11 Å². The van der Waals surface area contributed by atoms with Gasteiger partial charge in [0.2, 0.25) is 0 Å². The Morgan fingerprint density at radius 2 is 2.17 bits per heavy atom. The second kappa shape index (κ2) is 2.78. The summed E-state index contributed by atoms with van der Waals surface area (Å²) in [6.07, 6.45) is -3.45. The zero-order valence-electron chi connectivity index (χ0n) is 6.26. The number of aliphatic hydroxyl groups excluding tert-OH is 1. The van der Waals surface area contributed by atoms with Crippen molar-refractivity contribution < 1.29 is 18.3 Å². The minimum Gasteiger partial charge on any atom is -0.392 e. The molecule has 0 atom stereocenters. The largest absolute Gasteiger partial charge is 0.433 e. The number of halogens is 3. The molecule has 0 amide bonds. The van der Waals surface area contributed by atoms with Gasteiger partial charge in [-0.25, -0.2) is 0 Å². The summed E-state index contributed by atoms with van der Waals surface area (Å²) < 4.78 is 37.2. The molecule has 6 heteroatoms. The van der Waals surface area contributed by atoms with Gasteiger partial charge in [-0.3, -0.25) is 4.68 Å². The number of rotatable bonds is 1. The second-order valence-electron chi connectivity index (χ2n) is 2.30. The molecule has 12 heavy (non-hydrogen) atoms. The fourth-order valence-electron chi connectivity index (χ4n) is 0.964. The number of aryl methyl sites for hydroxylation is 1. The van der Waals surface area contributed by atoms with Crippen LogP contribution in [0.5, 0.6) is 0 Å². The van der Waals surface area contributed by atoms with Crippen molar-refractivity contribution in [3.05, 3.63) is 17.5 Å². The molecular formula is C6H7F3N2O. The third-order valence-corrected chi connectivity index (χ3v) is 1.45. The van der Waals surface area contributed by atoms with Crippen LogP contribution in [0.3, 0.4) is 0 Å². The van der Waals surface area contributed by atoms with Crippen LogP contribution in [-0.2, 0) is 19.8 Å². The lowest BCUT2D eigenvalue weighted by molar-refractivity contribution is -0.144. The fraction of sp³-hybridized carbons (Fsp3) is 0.500. The van der Waals surface area contributed by atoms with Crippen LogP contribution in [0.25, 0.3) is 0 Å². The van der Waals surface area contributed by atoms with Crippen LogP contribution in [0.1, 0.15) is 11.3 Å². The number of hydrogen-bond donors (Lipinski definition) is 1. The molecule has 1 N–H and O–H groups in total. The summed E-state index contributed by atoms with van der Waals surface area (Å²) in [6.45, 7) is -0.650. The lowest BCUT2D eigenvalue weighted by atomic mass is 10.2. The van der Waals surface area contributed by atoms with E-state index < -0.39 is 18.5 Å². The van der Waals surface area contributed by atoms with Crippen LogP contribution in [0.2, 0.25) is 0 Å². The number of nitrogens with zero attached hydrogens (tertiary/aromatic N) is 2. The highest BCUT2D eigenvalue weighted by Crippen LogP contribution is 2.31. The molecule has 1 rings (SSSR count). The molecule has 0 aliphatic carbocycles. The van der Waals surface area contributed by atoms with E-state index in [1.165, 1.54) is 7.05 Å². The Morgan fingerprint density at radius 3 is 2.50 bits per heavy atom. The van der Waals surface area contributed by atoms with E-state index in [1.807, 2.05) is 0 Å². The molecular weight excluding hydrogens is 173 g/mol. The van der Waals surface area contributed by atoms with Crippen molar-refractivity contribution >= 4 is 0 Å². The first kappa shape index (κ1) is 9.05. The molecule has 1 aromatic rings. The van der Waals surface area contributed by atoms with Crippen molar-refractivity contribution in [2.75, 3.05) is 0 Å². The molecule has 0 saturated carbocycles. The minimum absolute atomic E-state index is 0.204. The van der Waals surface area contributed by atoms with Crippen LogP contribution in [-0.4, -0.2) is 14.9 Å². The third-order valence-electron chi connectivity index (χ3n) is 1.45. The first-order valence-corrected chi connectivity index (χ1v) is 3.15. The third kappa shape index (κ3) is 1.42. The van der Waals surface area contributed by atoms with Crippen LogP contribution >= 0.6 is 0 Å². The Morgan fingerprint density at radius 1 is 1.58 bits per heavy atom. The van der Waals surface area contributed by atoms with E-state index in [9.17, 15) is 13.2 Å². The zero-order valence-corrected chi connectivity index (χ0v) is 6.26. The lowest BCUT2D eigenvalue weighted by Gasteiger charge is -2.07. The van der Waals surface area contributed by atoms with Crippen molar-refractivity contribution in [3.63, 3.8) is 0 Å². The van der Waals surface area contributed by atoms with E-state index in [0.29, 0.717) is 4.68 Å². The van der Waals surface area contributed by atoms with Crippen molar-refractivity contribution in [1.82, 2.24) is 9.78 Å². The van der Waals surface area contributed by atoms with E-state index in [1.54, 1.807) is 0 Å². The maximum absolute atomic E-state index is 12.2. The minimum atomic E-state index is -4.46. The van der Waals surface area contributed by atoms with Gasteiger partial charge in [-0.05, 0) is 0 Å². The molecule has 1 heterocycles. The summed E-state index contributed by atoms with van der Waals surface area (Å²) in [7, 11) is 1.18. The Hall–Kier alpha value is -1.04. The predicted molar refractivity (Wildman–Crippen MR) is 34.1 cm³/mol. The van der Waals surface area contributed by atoms with E-state index >= 15 is 0 Å². The molecule has 0 spiro atoms. The lowest BCUT2D eigenvalue weighted by Crippen LogP contribution is -2.14. The summed E-state index contributed by atoms with van der Waals surface area (Å²) in [5, 5.41) is 11.9. The topological polar surface area (TPSA) is 38.0 Å². The maximum atomic E-state index is 12.2. The summed E-state index contributed by atoms with van der Waals surface area (Å²) in [6, 6.07) is 0. The van der Waals surface area contributed by atoms with E-state index in [-0.39, 0.29) is 5.56 Å². The van der Waals surface area contributed by atoms with E-state index in [2.05, 4.69) is 5.10 Å². The molecule has 0 bridgehead atoms. The number of alkyl halides is 3. The van der Waals surface area contributed by atoms with Crippen molar-refractivity contribution in [3.8, 4) is 0 Å². The van der Waals surface area contributed by atoms with E-state index in [4.69, 9.17) is 5.11 Å². The molecule has 0 unspecified atom stereocenters. The van der Waals surface area contributed by atoms with Crippen molar-refractivity contribution in [1.29, 1.82) is 0 Å². The van der Waals surface area contributed by atoms with Gasteiger partial charge in [0.25, 0.3) is 0 Å². The average molecular weight is 180 g/mol. The zero-order chi connectivity index (χ0) is 9.35. The van der Waals surface area contributed by atoms with Crippen LogP contribution < -0.4 is 0 Å². The maximum Gasteiger partial charge on any atom is 0.433 e. The predicted octanol–water partition coefficient (Wildman–Crippen LogP) is 0.931. The number of hydrogen-bond acceptors (Lipinski definition) is 2. The highest BCUT2D eigenvalue weighted by Gasteiger charge is 2.36. The Balaban J connectivity index is 3.19. The highest BCUT2D eigenvalue weighted by molar-refractivity contribution is 5.19. The van der Waals surface area contributed by atoms with Gasteiger partial charge in [-0.1, -0.05) is 0 Å². The SMILES string of the molecule is Cn1ncc(CO)c1C(F)(F)F. The molecule has 1 aromatic heterocycles. The van der Waals surface area contributed by atoms with Gasteiger partial charge in [0.1, 0.15) is 5.69 Å². The Kier molecular flexibility index (Phi) is 2.10. The van der Waals surface area contributed by atoms with Gasteiger partial charge in [0.05, 0.1) is 12.8 Å². The number of aliphatic hydroxyl groups is 1. The molecule has 0 saturated heterocycles. The standard InChI is InChI=1S/C6H7F3N2O/c1-11-5(6(7,8)9)4(3-12)2-10-11/h2,12H,3H2,1H3.